The van der Waals surface area contributed by atoms with Crippen molar-refractivity contribution in [3.63, 3.8) is 0 Å². The van der Waals surface area contributed by atoms with E-state index in [4.69, 9.17) is 57.9 Å². The van der Waals surface area contributed by atoms with Crippen LogP contribution in [-0.4, -0.2) is 134 Å². The maximum absolute atomic E-state index is 12.3. The molecular formula is C86H99N19O7. The molecule has 0 unspecified atom stereocenters. The molecule has 26 heteroatoms. The second-order valence-electron chi connectivity index (χ2n) is 27.2. The third kappa shape index (κ3) is 20.3. The molecule has 9 N–H and O–H groups in total. The van der Waals surface area contributed by atoms with Gasteiger partial charge in [-0.1, -0.05) is 89.0 Å². The van der Waals surface area contributed by atoms with Crippen molar-refractivity contribution in [2.24, 2.45) is 0 Å². The molecule has 12 aromatic rings. The number of terminal acetylenes is 1. The van der Waals surface area contributed by atoms with E-state index in [1.165, 1.54) is 25.1 Å². The largest absolute Gasteiger partial charge is 0.457 e. The number of hydrogen-bond donors (Lipinski definition) is 6. The lowest BCUT2D eigenvalue weighted by atomic mass is 9.91. The van der Waals surface area contributed by atoms with E-state index in [2.05, 4.69) is 51.8 Å². The van der Waals surface area contributed by atoms with Crippen LogP contribution in [0.15, 0.2) is 207 Å². The van der Waals surface area contributed by atoms with Gasteiger partial charge in [0.05, 0.1) is 40.9 Å². The molecule has 0 spiro atoms. The summed E-state index contributed by atoms with van der Waals surface area (Å²) in [7, 11) is 5.55. The predicted octanol–water partition coefficient (Wildman–Crippen LogP) is 15.3. The summed E-state index contributed by atoms with van der Waals surface area (Å²) in [6.45, 7) is 1.16. The zero-order valence-corrected chi connectivity index (χ0v) is 61.0. The Morgan fingerprint density at radius 1 is 0.438 bits per heavy atom. The third-order valence-electron chi connectivity index (χ3n) is 19.4. The van der Waals surface area contributed by atoms with Gasteiger partial charge in [0.25, 0.3) is 5.91 Å². The summed E-state index contributed by atoms with van der Waals surface area (Å²) in [5.74, 6) is 7.37. The molecule has 6 heterocycles. The van der Waals surface area contributed by atoms with Gasteiger partial charge in [-0.15, -0.1) is 6.42 Å². The van der Waals surface area contributed by atoms with Crippen LogP contribution in [0.2, 0.25) is 0 Å². The van der Waals surface area contributed by atoms with E-state index in [0.717, 1.165) is 179 Å². The van der Waals surface area contributed by atoms with Crippen LogP contribution in [-0.2, 0) is 19.1 Å². The fourth-order valence-electron chi connectivity index (χ4n) is 14.0. The maximum atomic E-state index is 12.3. The molecule has 3 aliphatic carbocycles. The van der Waals surface area contributed by atoms with Gasteiger partial charge in [-0.25, -0.2) is 43.9 Å². The van der Waals surface area contributed by atoms with Crippen molar-refractivity contribution in [1.82, 2.24) is 80.1 Å². The fraction of sp³-hybridized carbons (Fsp3) is 0.302. The highest BCUT2D eigenvalue weighted by molar-refractivity contribution is 6.00. The number of nitrogens with zero attached hydrogens (tertiary/aromatic N) is 13. The number of methoxy groups -OCH3 is 1. The number of nitrogens with one attached hydrogen (secondary N) is 3. The second kappa shape index (κ2) is 39.0. The van der Waals surface area contributed by atoms with Crippen LogP contribution in [0.25, 0.3) is 66.9 Å². The molecule has 26 nitrogen and oxygen atoms in total. The number of likely N-dealkylation sites (N-methyl/N-ethyl adjacent to an activating group) is 1. The number of amides is 3. The van der Waals surface area contributed by atoms with Gasteiger partial charge in [0, 0.05) is 60.6 Å². The predicted molar refractivity (Wildman–Crippen MR) is 441 cm³/mol. The molecule has 3 amide bonds. The van der Waals surface area contributed by atoms with Crippen LogP contribution in [0, 0.1) is 12.3 Å². The first-order valence-electron chi connectivity index (χ1n) is 36.5. The molecule has 3 fully saturated rings. The monoisotopic (exact) mass is 1510 g/mol. The van der Waals surface area contributed by atoms with Crippen molar-refractivity contribution in [2.45, 2.75) is 136 Å². The number of hydrogen-bond acceptors (Lipinski definition) is 20. The molecule has 3 aliphatic rings. The van der Waals surface area contributed by atoms with Gasteiger partial charge >= 0.3 is 0 Å². The second-order valence-corrected chi connectivity index (χ2v) is 27.2. The Labute approximate surface area is 653 Å². The molecule has 0 bridgehead atoms. The molecular weight excluding hydrogens is 1410 g/mol. The van der Waals surface area contributed by atoms with Gasteiger partial charge in [0.15, 0.2) is 16.9 Å². The fourth-order valence-corrected chi connectivity index (χ4v) is 14.0. The van der Waals surface area contributed by atoms with Crippen molar-refractivity contribution >= 4 is 68.3 Å². The first kappa shape index (κ1) is 81.7. The Balaban J connectivity index is 0.000000176. The molecule has 3 saturated carbocycles. The highest BCUT2D eigenvalue weighted by atomic mass is 16.5. The maximum Gasteiger partial charge on any atom is 0.295 e. The molecule has 0 radical (unpaired) electrons. The minimum absolute atomic E-state index is 0. The summed E-state index contributed by atoms with van der Waals surface area (Å²) in [6.07, 6.45) is 26.7. The van der Waals surface area contributed by atoms with E-state index in [-0.39, 0.29) is 76.3 Å². The third-order valence-corrected chi connectivity index (χ3v) is 19.4. The molecule has 580 valence electrons. The van der Waals surface area contributed by atoms with Crippen LogP contribution in [0.3, 0.4) is 0 Å². The first-order chi connectivity index (χ1) is 53.2. The average Bonchev–Trinajstić information content (AvgIpc) is 1.64. The molecule has 6 aromatic heterocycles. The van der Waals surface area contributed by atoms with Crippen molar-refractivity contribution in [2.75, 3.05) is 51.6 Å². The summed E-state index contributed by atoms with van der Waals surface area (Å²) < 4.78 is 28.7. The van der Waals surface area contributed by atoms with Gasteiger partial charge in [0.1, 0.15) is 88.0 Å². The Hall–Kier alpha value is -12.9. The highest BCUT2D eigenvalue weighted by Crippen LogP contribution is 2.41. The molecule has 0 aliphatic heterocycles. The van der Waals surface area contributed by atoms with E-state index in [0.29, 0.717) is 29.7 Å². The van der Waals surface area contributed by atoms with Crippen molar-refractivity contribution in [3.8, 4) is 80.6 Å². The van der Waals surface area contributed by atoms with Crippen LogP contribution in [0.1, 0.15) is 117 Å². The lowest BCUT2D eigenvalue weighted by molar-refractivity contribution is -0.118. The number of fused-ring (bicyclic) bond motifs is 3. The highest BCUT2D eigenvalue weighted by Gasteiger charge is 2.31. The quantitative estimate of drug-likeness (QED) is 0.0287. The van der Waals surface area contributed by atoms with Crippen LogP contribution in [0.4, 0.5) is 17.5 Å². The summed E-state index contributed by atoms with van der Waals surface area (Å²) in [5.41, 5.74) is 26.0. The lowest BCUT2D eigenvalue weighted by Gasteiger charge is -2.29. The van der Waals surface area contributed by atoms with E-state index in [9.17, 15) is 14.4 Å². The normalized spacial score (nSPS) is 17.3. The number of para-hydroxylation sites is 3. The Morgan fingerprint density at radius 2 is 0.732 bits per heavy atom. The smallest absolute Gasteiger partial charge is 0.295 e. The number of anilines is 3. The van der Waals surface area contributed by atoms with Crippen molar-refractivity contribution in [3.05, 3.63) is 207 Å². The van der Waals surface area contributed by atoms with E-state index < -0.39 is 0 Å². The summed E-state index contributed by atoms with van der Waals surface area (Å²) in [6, 6.07) is 53.1. The SMILES string of the molecule is C.C.C.C#CC(=O)NC1CCC(n2nc(-c3ccc(Oc4ccccc4)cc3)c3c(N)ncnc32)CC1.CN(C)C/C=C/C(=O)NC1CCC(n2nc(-c3ccc(Oc4ccccc4)cc3)c3c(N)ncnc32)CC1.COC/C=C/C(=O)NC1CCC(n2nc(-c3ccc(Oc4ccccc4)cc3)c3c(N)ncnc32)CC1. The number of ether oxygens (including phenoxy) is 4. The standard InChI is InChI=1S/C29H33N7O2.C28H30N6O3.C26H24N6O2.3CH4/c1-35(2)18-6-9-25(37)33-21-12-14-22(15-13-21)36-29-26(28(30)31-19-32-29)27(34-36)20-10-16-24(17-11-20)38-23-7-4-3-5-8-23;1-36-17-5-8-24(35)32-20-11-13-21(14-12-20)34-28-25(27(29)30-18-31-28)26(33-34)19-9-15-23(16-10-19)37-22-6-3-2-4-7-22;1-2-22(33)30-18-10-12-19(13-11-18)32-26-23(25(27)28-16-29-26)24(31-32)17-8-14-21(15-9-17)34-20-6-4-3-5-7-20;;;/h3-11,16-17,19,21-22H,12-15,18H2,1-2H3,(H,33,37)(H2,30,31,32);2-10,15-16,18,20-21H,11-14,17H2,1H3,(H,32,35)(H2,29,30,31);1,3-9,14-16,18-19H,10-13H2,(H,30,33)(H2,27,28,29);3*1H4/b9-6+;8-5+;;;;. The van der Waals surface area contributed by atoms with Crippen LogP contribution in [0.5, 0.6) is 34.5 Å². The molecule has 0 saturated heterocycles. The topological polar surface area (TPSA) is 336 Å². The summed E-state index contributed by atoms with van der Waals surface area (Å²) >= 11 is 0. The van der Waals surface area contributed by atoms with Gasteiger partial charge < -0.3 is 57.0 Å². The molecule has 6 aromatic carbocycles. The van der Waals surface area contributed by atoms with Gasteiger partial charge in [0.2, 0.25) is 11.8 Å². The number of carbonyl (C=O) groups is 3. The number of rotatable bonds is 21. The van der Waals surface area contributed by atoms with E-state index in [1.807, 2.05) is 203 Å². The van der Waals surface area contributed by atoms with Gasteiger partial charge in [-0.2, -0.15) is 15.3 Å². The van der Waals surface area contributed by atoms with Crippen molar-refractivity contribution < 1.29 is 33.3 Å². The summed E-state index contributed by atoms with van der Waals surface area (Å²) in [5, 5.41) is 26.2. The zero-order valence-electron chi connectivity index (χ0n) is 61.0. The Kier molecular flexibility index (Phi) is 28.4. The number of nitrogen functional groups attached to an aromatic ring is 3. The Bertz CT molecular complexity index is 5160. The van der Waals surface area contributed by atoms with E-state index in [1.54, 1.807) is 19.3 Å². The molecule has 15 rings (SSSR count). The first-order valence-corrected chi connectivity index (χ1v) is 36.5. The van der Waals surface area contributed by atoms with Gasteiger partial charge in [-0.05, 0) is 206 Å². The van der Waals surface area contributed by atoms with Crippen LogP contribution >= 0.6 is 0 Å². The molecule has 112 heavy (non-hydrogen) atoms. The zero-order chi connectivity index (χ0) is 75.6. The summed E-state index contributed by atoms with van der Waals surface area (Å²) in [4.78, 5) is 64.2. The van der Waals surface area contributed by atoms with E-state index >= 15 is 0 Å². The number of benzene rings is 6. The van der Waals surface area contributed by atoms with Crippen LogP contribution < -0.4 is 47.4 Å². The number of aromatic nitrogens is 12. The Morgan fingerprint density at radius 3 is 1.03 bits per heavy atom. The van der Waals surface area contributed by atoms with Gasteiger partial charge in [-0.3, -0.25) is 14.4 Å². The molecule has 0 atom stereocenters. The minimum Gasteiger partial charge on any atom is -0.457 e. The number of carbonyl (C=O) groups excluding carboxylic acids is 3. The lowest BCUT2D eigenvalue weighted by Crippen LogP contribution is -2.37. The number of nitrogens with two attached hydrogens (primary N) is 3. The minimum atomic E-state index is -0.365. The average molecular weight is 1510 g/mol. The van der Waals surface area contributed by atoms with Crippen molar-refractivity contribution in [1.29, 1.82) is 0 Å².